The monoisotopic (exact) mass is 469 g/mol. The molecule has 6 nitrogen and oxygen atoms in total. The number of carboxylic acids is 2. The van der Waals surface area contributed by atoms with E-state index in [1.54, 1.807) is 4.90 Å². The number of hydrogen-bond donors (Lipinski definition) is 2. The fourth-order valence-corrected chi connectivity index (χ4v) is 6.23. The first-order valence-electron chi connectivity index (χ1n) is 11.8. The lowest BCUT2D eigenvalue weighted by molar-refractivity contribution is -0.142. The molecule has 0 aliphatic heterocycles. The first kappa shape index (κ1) is 23.5. The van der Waals surface area contributed by atoms with Gasteiger partial charge in [0.2, 0.25) is 5.91 Å². The molecule has 0 spiro atoms. The molecule has 2 aliphatic carbocycles. The van der Waals surface area contributed by atoms with Gasteiger partial charge in [0.25, 0.3) is 0 Å². The average Bonchev–Trinajstić information content (AvgIpc) is 3.26. The molecule has 33 heavy (non-hydrogen) atoms. The number of aliphatic carboxylic acids is 1. The largest absolute Gasteiger partial charge is 0.481 e. The van der Waals surface area contributed by atoms with Crippen LogP contribution in [-0.4, -0.2) is 34.1 Å². The fraction of sp³-hybridized carbons (Fsp3) is 0.500. The maximum absolute atomic E-state index is 13.9. The summed E-state index contributed by atoms with van der Waals surface area (Å²) in [7, 11) is 0. The van der Waals surface area contributed by atoms with Gasteiger partial charge in [-0.2, -0.15) is 0 Å². The zero-order valence-corrected chi connectivity index (χ0v) is 19.7. The Balaban J connectivity index is 1.71. The third-order valence-electron chi connectivity index (χ3n) is 7.24. The fourth-order valence-electron chi connectivity index (χ4n) is 5.24. The Bertz CT molecular complexity index is 1000. The molecule has 2 aliphatic rings. The second kappa shape index (κ2) is 10.1. The Morgan fingerprint density at radius 1 is 0.879 bits per heavy atom. The number of rotatable bonds is 6. The van der Waals surface area contributed by atoms with E-state index in [4.69, 9.17) is 0 Å². The quantitative estimate of drug-likeness (QED) is 0.548. The molecule has 1 amide bonds. The van der Waals surface area contributed by atoms with Gasteiger partial charge in [-0.3, -0.25) is 9.59 Å². The Morgan fingerprint density at radius 3 is 2.06 bits per heavy atom. The van der Waals surface area contributed by atoms with Crippen LogP contribution < -0.4 is 4.90 Å². The molecular weight excluding hydrogens is 438 g/mol. The number of amides is 1. The summed E-state index contributed by atoms with van der Waals surface area (Å²) < 4.78 is 0. The summed E-state index contributed by atoms with van der Waals surface area (Å²) in [6, 6.07) is 11.3. The van der Waals surface area contributed by atoms with Crippen LogP contribution in [0.4, 0.5) is 5.69 Å². The van der Waals surface area contributed by atoms with E-state index < -0.39 is 17.9 Å². The van der Waals surface area contributed by atoms with Crippen LogP contribution in [0.25, 0.3) is 10.4 Å². The van der Waals surface area contributed by atoms with Crippen LogP contribution in [0.3, 0.4) is 0 Å². The highest BCUT2D eigenvalue weighted by molar-refractivity contribution is 7.18. The van der Waals surface area contributed by atoms with Crippen LogP contribution in [0.1, 0.15) is 68.0 Å². The average molecular weight is 470 g/mol. The number of nitrogens with zero attached hydrogens (tertiary/aromatic N) is 1. The van der Waals surface area contributed by atoms with Gasteiger partial charge in [-0.1, -0.05) is 37.3 Å². The molecule has 176 valence electrons. The number of aromatic carboxylic acids is 1. The summed E-state index contributed by atoms with van der Waals surface area (Å²) in [5.41, 5.74) is 1.39. The number of carboxylic acid groups (broad SMARTS) is 2. The van der Waals surface area contributed by atoms with Crippen molar-refractivity contribution in [3.8, 4) is 10.4 Å². The van der Waals surface area contributed by atoms with Crippen molar-refractivity contribution < 1.29 is 24.6 Å². The van der Waals surface area contributed by atoms with Crippen molar-refractivity contribution in [3.05, 3.63) is 41.3 Å². The van der Waals surface area contributed by atoms with Crippen molar-refractivity contribution in [2.24, 2.45) is 17.8 Å². The molecule has 0 bridgehead atoms. The standard InChI is InChI=1S/C26H31NO5S/c1-16-7-9-18(10-8-16)24(28)27(20-13-11-19(12-14-20)25(29)30)21-15-22(33-23(21)26(31)32)17-5-3-2-4-6-17/h2-6,15-16,18-20H,7-14H2,1H3,(H,29,30)(H,31,32)/t16?,18?,19-,20-. The zero-order chi connectivity index (χ0) is 23.5. The molecule has 1 aromatic heterocycles. The van der Waals surface area contributed by atoms with E-state index in [1.165, 1.54) is 11.3 Å². The third kappa shape index (κ3) is 5.13. The Kier molecular flexibility index (Phi) is 7.17. The van der Waals surface area contributed by atoms with Crippen LogP contribution in [-0.2, 0) is 9.59 Å². The molecule has 2 saturated carbocycles. The van der Waals surface area contributed by atoms with Crippen molar-refractivity contribution in [3.63, 3.8) is 0 Å². The number of carbonyl (C=O) groups is 3. The highest BCUT2D eigenvalue weighted by atomic mass is 32.1. The van der Waals surface area contributed by atoms with E-state index in [1.807, 2.05) is 36.4 Å². The Labute approximate surface area is 198 Å². The molecule has 0 radical (unpaired) electrons. The van der Waals surface area contributed by atoms with E-state index in [0.717, 1.165) is 36.1 Å². The van der Waals surface area contributed by atoms with Gasteiger partial charge in [-0.05, 0) is 68.9 Å². The van der Waals surface area contributed by atoms with Gasteiger partial charge in [0, 0.05) is 16.8 Å². The Morgan fingerprint density at radius 2 is 1.48 bits per heavy atom. The van der Waals surface area contributed by atoms with Crippen LogP contribution in [0.15, 0.2) is 36.4 Å². The predicted molar refractivity (Wildman–Crippen MR) is 129 cm³/mol. The topological polar surface area (TPSA) is 94.9 Å². The number of benzene rings is 1. The Hall–Kier alpha value is -2.67. The maximum atomic E-state index is 13.9. The van der Waals surface area contributed by atoms with Crippen molar-refractivity contribution in [2.75, 3.05) is 4.90 Å². The predicted octanol–water partition coefficient (Wildman–Crippen LogP) is 5.92. The molecule has 7 heteroatoms. The van der Waals surface area contributed by atoms with Gasteiger partial charge in [0.15, 0.2) is 0 Å². The first-order chi connectivity index (χ1) is 15.8. The summed E-state index contributed by atoms with van der Waals surface area (Å²) in [4.78, 5) is 40.3. The summed E-state index contributed by atoms with van der Waals surface area (Å²) in [6.45, 7) is 2.21. The second-order valence-electron chi connectivity index (χ2n) is 9.50. The van der Waals surface area contributed by atoms with E-state index in [2.05, 4.69) is 6.92 Å². The molecule has 4 rings (SSSR count). The molecule has 2 N–H and O–H groups in total. The smallest absolute Gasteiger partial charge is 0.348 e. The van der Waals surface area contributed by atoms with Gasteiger partial charge in [0.1, 0.15) is 4.88 Å². The van der Waals surface area contributed by atoms with Gasteiger partial charge < -0.3 is 15.1 Å². The highest BCUT2D eigenvalue weighted by Gasteiger charge is 2.38. The summed E-state index contributed by atoms with van der Waals surface area (Å²) in [5.74, 6) is -1.73. The molecule has 2 fully saturated rings. The van der Waals surface area contributed by atoms with Crippen LogP contribution in [0.2, 0.25) is 0 Å². The molecule has 0 unspecified atom stereocenters. The minimum absolute atomic E-state index is 0.000543. The molecular formula is C26H31NO5S. The zero-order valence-electron chi connectivity index (χ0n) is 18.9. The van der Waals surface area contributed by atoms with Gasteiger partial charge >= 0.3 is 11.9 Å². The van der Waals surface area contributed by atoms with E-state index >= 15 is 0 Å². The minimum atomic E-state index is -1.04. The van der Waals surface area contributed by atoms with E-state index in [0.29, 0.717) is 37.3 Å². The molecule has 1 heterocycles. The number of anilines is 1. The van der Waals surface area contributed by atoms with Crippen molar-refractivity contribution >= 4 is 34.9 Å². The number of hydrogen-bond acceptors (Lipinski definition) is 4. The van der Waals surface area contributed by atoms with Gasteiger partial charge in [0.05, 0.1) is 11.6 Å². The normalized spacial score (nSPS) is 25.4. The molecule has 1 aromatic carbocycles. The third-order valence-corrected chi connectivity index (χ3v) is 8.40. The number of carbonyl (C=O) groups excluding carboxylic acids is 1. The van der Waals surface area contributed by atoms with Crippen LogP contribution >= 0.6 is 11.3 Å². The first-order valence-corrected chi connectivity index (χ1v) is 12.6. The second-order valence-corrected chi connectivity index (χ2v) is 10.6. The highest BCUT2D eigenvalue weighted by Crippen LogP contribution is 2.42. The van der Waals surface area contributed by atoms with E-state index in [9.17, 15) is 24.6 Å². The van der Waals surface area contributed by atoms with Crippen molar-refractivity contribution in [1.29, 1.82) is 0 Å². The molecule has 0 saturated heterocycles. The maximum Gasteiger partial charge on any atom is 0.348 e. The van der Waals surface area contributed by atoms with Crippen molar-refractivity contribution in [1.82, 2.24) is 0 Å². The molecule has 2 aromatic rings. The van der Waals surface area contributed by atoms with Gasteiger partial charge in [-0.25, -0.2) is 4.79 Å². The number of thiophene rings is 1. The van der Waals surface area contributed by atoms with Crippen LogP contribution in [0.5, 0.6) is 0 Å². The summed E-state index contributed by atoms with van der Waals surface area (Å²) >= 11 is 1.20. The van der Waals surface area contributed by atoms with Gasteiger partial charge in [-0.15, -0.1) is 11.3 Å². The lowest BCUT2D eigenvalue weighted by Crippen LogP contribution is -2.47. The summed E-state index contributed by atoms with van der Waals surface area (Å²) in [6.07, 6.45) is 5.79. The lowest BCUT2D eigenvalue weighted by Gasteiger charge is -2.39. The summed E-state index contributed by atoms with van der Waals surface area (Å²) in [5, 5.41) is 19.4. The van der Waals surface area contributed by atoms with Crippen LogP contribution in [0, 0.1) is 17.8 Å². The lowest BCUT2D eigenvalue weighted by atomic mass is 9.80. The SMILES string of the molecule is CC1CCC(C(=O)N(c2cc(-c3ccccc3)sc2C(=O)O)[C@H]2CC[C@H](C(=O)O)CC2)CC1. The minimum Gasteiger partial charge on any atom is -0.481 e. The van der Waals surface area contributed by atoms with E-state index in [-0.39, 0.29) is 22.7 Å². The van der Waals surface area contributed by atoms with Crippen molar-refractivity contribution in [2.45, 2.75) is 64.3 Å². The molecule has 0 atom stereocenters.